The molecule has 3 rings (SSSR count). The molecule has 0 spiro atoms. The highest BCUT2D eigenvalue weighted by Gasteiger charge is 2.21. The molecule has 1 fully saturated rings. The van der Waals surface area contributed by atoms with E-state index in [0.29, 0.717) is 12.1 Å². The van der Waals surface area contributed by atoms with E-state index in [1.807, 2.05) is 24.6 Å². The predicted octanol–water partition coefficient (Wildman–Crippen LogP) is 2.20. The summed E-state index contributed by atoms with van der Waals surface area (Å²) in [6.45, 7) is 2.57. The molecule has 0 saturated heterocycles. The average molecular weight is 353 g/mol. The molecule has 0 radical (unpaired) electrons. The van der Waals surface area contributed by atoms with Crippen LogP contribution in [0.1, 0.15) is 49.0 Å². The molecule has 1 aliphatic carbocycles. The lowest BCUT2D eigenvalue weighted by Crippen LogP contribution is -2.37. The Morgan fingerprint density at radius 1 is 1.38 bits per heavy atom. The Kier molecular flexibility index (Phi) is 6.07. The highest BCUT2D eigenvalue weighted by Crippen LogP contribution is 2.30. The first-order valence-electron chi connectivity index (χ1n) is 8.30. The number of halogens is 1. The molecule has 24 heavy (non-hydrogen) atoms. The molecule has 1 aromatic heterocycles. The molecule has 1 saturated carbocycles. The average Bonchev–Trinajstić information content (AvgIpc) is 3.17. The number of fused-ring (bicyclic) bond motifs is 1. The van der Waals surface area contributed by atoms with Gasteiger partial charge in [0.15, 0.2) is 0 Å². The van der Waals surface area contributed by atoms with E-state index in [-0.39, 0.29) is 36.1 Å². The van der Waals surface area contributed by atoms with Crippen molar-refractivity contribution in [3.05, 3.63) is 34.2 Å². The standard InChI is InChI=1S/C17H24N4O2.ClH/c1-11(18-2)10-19-16(22)12-7-8-15-14(9-12)20-17(23)21(15)13-5-3-4-6-13;/h7-9,11,13,18H,3-6,10H2,1-2H3,(H,19,22)(H,20,23);1H. The number of rotatable bonds is 5. The van der Waals surface area contributed by atoms with Gasteiger partial charge in [-0.3, -0.25) is 9.36 Å². The fourth-order valence-electron chi connectivity index (χ4n) is 3.25. The maximum Gasteiger partial charge on any atom is 0.326 e. The van der Waals surface area contributed by atoms with Gasteiger partial charge in [0, 0.05) is 24.2 Å². The highest BCUT2D eigenvalue weighted by atomic mass is 35.5. The summed E-state index contributed by atoms with van der Waals surface area (Å²) in [6.07, 6.45) is 4.45. The largest absolute Gasteiger partial charge is 0.350 e. The van der Waals surface area contributed by atoms with Crippen LogP contribution in [0, 0.1) is 0 Å². The van der Waals surface area contributed by atoms with Crippen molar-refractivity contribution in [1.82, 2.24) is 20.2 Å². The van der Waals surface area contributed by atoms with Gasteiger partial charge in [-0.05, 0) is 45.0 Å². The third kappa shape index (κ3) is 3.65. The normalized spacial score (nSPS) is 16.1. The molecule has 0 aliphatic heterocycles. The lowest BCUT2D eigenvalue weighted by molar-refractivity contribution is 0.0950. The van der Waals surface area contributed by atoms with E-state index < -0.39 is 0 Å². The summed E-state index contributed by atoms with van der Waals surface area (Å²) in [5, 5.41) is 5.97. The quantitative estimate of drug-likeness (QED) is 0.771. The van der Waals surface area contributed by atoms with Gasteiger partial charge >= 0.3 is 5.69 Å². The van der Waals surface area contributed by atoms with Crippen molar-refractivity contribution in [2.75, 3.05) is 13.6 Å². The maximum atomic E-state index is 12.3. The number of benzene rings is 1. The first kappa shape index (κ1) is 18.5. The molecule has 0 bridgehead atoms. The zero-order chi connectivity index (χ0) is 16.4. The summed E-state index contributed by atoms with van der Waals surface area (Å²) in [5.74, 6) is -0.122. The van der Waals surface area contributed by atoms with E-state index in [0.717, 1.165) is 23.9 Å². The van der Waals surface area contributed by atoms with Crippen molar-refractivity contribution < 1.29 is 4.79 Å². The van der Waals surface area contributed by atoms with Crippen LogP contribution in [0.5, 0.6) is 0 Å². The fourth-order valence-corrected chi connectivity index (χ4v) is 3.25. The number of hydrogen-bond acceptors (Lipinski definition) is 3. The van der Waals surface area contributed by atoms with Gasteiger partial charge in [-0.1, -0.05) is 12.8 Å². The third-order valence-corrected chi connectivity index (χ3v) is 4.73. The highest BCUT2D eigenvalue weighted by molar-refractivity contribution is 5.97. The van der Waals surface area contributed by atoms with Crippen molar-refractivity contribution in [1.29, 1.82) is 0 Å². The van der Waals surface area contributed by atoms with Crippen LogP contribution in [-0.2, 0) is 0 Å². The SMILES string of the molecule is CNC(C)CNC(=O)c1ccc2c(c1)[nH]c(=O)n2C1CCCC1.Cl. The van der Waals surface area contributed by atoms with E-state index in [9.17, 15) is 9.59 Å². The number of amides is 1. The van der Waals surface area contributed by atoms with Crippen LogP contribution in [0.4, 0.5) is 0 Å². The Hall–Kier alpha value is -1.79. The molecule has 6 nitrogen and oxygen atoms in total. The number of nitrogens with one attached hydrogen (secondary N) is 3. The Morgan fingerprint density at radius 2 is 2.08 bits per heavy atom. The Balaban J connectivity index is 0.00000208. The van der Waals surface area contributed by atoms with Crippen molar-refractivity contribution >= 4 is 29.3 Å². The molecule has 1 unspecified atom stereocenters. The molecule has 1 atom stereocenters. The summed E-state index contributed by atoms with van der Waals surface area (Å²) in [6, 6.07) is 5.93. The number of aromatic amines is 1. The molecular formula is C17H25ClN4O2. The minimum Gasteiger partial charge on any atom is -0.350 e. The van der Waals surface area contributed by atoms with E-state index in [1.54, 1.807) is 12.1 Å². The van der Waals surface area contributed by atoms with Crippen molar-refractivity contribution in [2.24, 2.45) is 0 Å². The summed E-state index contributed by atoms with van der Waals surface area (Å²) >= 11 is 0. The van der Waals surface area contributed by atoms with Crippen LogP contribution in [0.2, 0.25) is 0 Å². The maximum absolute atomic E-state index is 12.3. The molecule has 7 heteroatoms. The zero-order valence-corrected chi connectivity index (χ0v) is 14.9. The molecule has 1 heterocycles. The second-order valence-electron chi connectivity index (χ2n) is 6.37. The molecule has 132 valence electrons. The minimum absolute atomic E-state index is 0. The number of nitrogens with zero attached hydrogens (tertiary/aromatic N) is 1. The first-order valence-corrected chi connectivity index (χ1v) is 8.30. The Bertz CT molecular complexity index is 762. The lowest BCUT2D eigenvalue weighted by atomic mass is 10.1. The third-order valence-electron chi connectivity index (χ3n) is 4.73. The van der Waals surface area contributed by atoms with Crippen molar-refractivity contribution in [3.63, 3.8) is 0 Å². The van der Waals surface area contributed by atoms with Crippen molar-refractivity contribution in [3.8, 4) is 0 Å². The van der Waals surface area contributed by atoms with Crippen molar-refractivity contribution in [2.45, 2.75) is 44.7 Å². The number of aromatic nitrogens is 2. The number of carbonyl (C=O) groups is 1. The van der Waals surface area contributed by atoms with Crippen LogP contribution in [0.3, 0.4) is 0 Å². The number of carbonyl (C=O) groups excluding carboxylic acids is 1. The number of likely N-dealkylation sites (N-methyl/N-ethyl adjacent to an activating group) is 1. The van der Waals surface area contributed by atoms with Gasteiger partial charge in [0.1, 0.15) is 0 Å². The molecular weight excluding hydrogens is 328 g/mol. The smallest absolute Gasteiger partial charge is 0.326 e. The summed E-state index contributed by atoms with van der Waals surface area (Å²) < 4.78 is 1.85. The molecule has 2 aromatic rings. The van der Waals surface area contributed by atoms with Gasteiger partial charge in [-0.2, -0.15) is 0 Å². The Labute approximate surface area is 147 Å². The van der Waals surface area contributed by atoms with Gasteiger partial charge in [0.05, 0.1) is 11.0 Å². The molecule has 1 aliphatic rings. The predicted molar refractivity (Wildman–Crippen MR) is 98.2 cm³/mol. The van der Waals surface area contributed by atoms with Crippen LogP contribution in [0.15, 0.2) is 23.0 Å². The second-order valence-corrected chi connectivity index (χ2v) is 6.37. The topological polar surface area (TPSA) is 78.9 Å². The van der Waals surface area contributed by atoms with Crippen LogP contribution in [-0.4, -0.2) is 35.1 Å². The van der Waals surface area contributed by atoms with Crippen LogP contribution in [0.25, 0.3) is 11.0 Å². The summed E-state index contributed by atoms with van der Waals surface area (Å²) in [4.78, 5) is 27.4. The molecule has 3 N–H and O–H groups in total. The van der Waals surface area contributed by atoms with E-state index in [4.69, 9.17) is 0 Å². The first-order chi connectivity index (χ1) is 11.1. The van der Waals surface area contributed by atoms with Crippen LogP contribution < -0.4 is 16.3 Å². The Morgan fingerprint density at radius 3 is 2.75 bits per heavy atom. The monoisotopic (exact) mass is 352 g/mol. The van der Waals surface area contributed by atoms with Gasteiger partial charge in [0.25, 0.3) is 5.91 Å². The van der Waals surface area contributed by atoms with E-state index >= 15 is 0 Å². The van der Waals surface area contributed by atoms with E-state index in [1.165, 1.54) is 12.8 Å². The minimum atomic E-state index is -0.122. The lowest BCUT2D eigenvalue weighted by Gasteiger charge is -2.12. The number of H-pyrrole nitrogens is 1. The summed E-state index contributed by atoms with van der Waals surface area (Å²) in [7, 11) is 1.86. The van der Waals surface area contributed by atoms with Crippen LogP contribution >= 0.6 is 12.4 Å². The second kappa shape index (κ2) is 7.85. The zero-order valence-electron chi connectivity index (χ0n) is 14.1. The van der Waals surface area contributed by atoms with Gasteiger partial charge < -0.3 is 15.6 Å². The van der Waals surface area contributed by atoms with E-state index in [2.05, 4.69) is 15.6 Å². The van der Waals surface area contributed by atoms with Gasteiger partial charge in [-0.15, -0.1) is 12.4 Å². The summed E-state index contributed by atoms with van der Waals surface area (Å²) in [5.41, 5.74) is 2.12. The number of imidazole rings is 1. The fraction of sp³-hybridized carbons (Fsp3) is 0.529. The number of hydrogen-bond donors (Lipinski definition) is 3. The van der Waals surface area contributed by atoms with Gasteiger partial charge in [0.2, 0.25) is 0 Å². The molecule has 1 amide bonds. The van der Waals surface area contributed by atoms with Gasteiger partial charge in [-0.25, -0.2) is 4.79 Å². The molecule has 1 aromatic carbocycles.